The molecule has 0 amide bonds. The summed E-state index contributed by atoms with van der Waals surface area (Å²) < 4.78 is 0. The van der Waals surface area contributed by atoms with Crippen molar-refractivity contribution in [1.29, 1.82) is 0 Å². The molecule has 34 heavy (non-hydrogen) atoms. The molecule has 3 N–H and O–H groups in total. The molecule has 0 bridgehead atoms. The monoisotopic (exact) mass is 479 g/mol. The Morgan fingerprint density at radius 3 is 2.41 bits per heavy atom. The molecule has 182 valence electrons. The van der Waals surface area contributed by atoms with Gasteiger partial charge in [-0.25, -0.2) is 0 Å². The molecule has 3 rings (SSSR count). The van der Waals surface area contributed by atoms with E-state index in [1.165, 1.54) is 28.6 Å². The maximum atomic E-state index is 10.8. The van der Waals surface area contributed by atoms with Crippen molar-refractivity contribution in [2.45, 2.75) is 60.3 Å². The van der Waals surface area contributed by atoms with Crippen molar-refractivity contribution in [2.75, 3.05) is 23.4 Å². The highest BCUT2D eigenvalue weighted by Crippen LogP contribution is 2.40. The zero-order valence-electron chi connectivity index (χ0n) is 21.2. The number of anilines is 2. The second kappa shape index (κ2) is 11.0. The molecular weight excluding hydrogens is 442 g/mol. The number of fused-ring (bicyclic) bond motifs is 1. The quantitative estimate of drug-likeness (QED) is 0.395. The third-order valence-electron chi connectivity index (χ3n) is 6.58. The van der Waals surface area contributed by atoms with Gasteiger partial charge in [-0.3, -0.25) is 4.90 Å². The molecule has 1 heterocycles. The minimum atomic E-state index is 0.0280. The molecule has 0 saturated heterocycles. The Kier molecular flexibility index (Phi) is 8.26. The van der Waals surface area contributed by atoms with Crippen LogP contribution in [0.4, 0.5) is 11.4 Å². The zero-order chi connectivity index (χ0) is 25.0. The van der Waals surface area contributed by atoms with Crippen LogP contribution in [0.1, 0.15) is 64.2 Å². The van der Waals surface area contributed by atoms with Crippen LogP contribution in [-0.2, 0) is 12.8 Å². The van der Waals surface area contributed by atoms with E-state index in [0.717, 1.165) is 42.8 Å². The van der Waals surface area contributed by atoms with Gasteiger partial charge >= 0.3 is 0 Å². The third kappa shape index (κ3) is 4.78. The van der Waals surface area contributed by atoms with Crippen LogP contribution in [0.5, 0.6) is 11.5 Å². The van der Waals surface area contributed by atoms with Crippen molar-refractivity contribution < 1.29 is 10.2 Å². The summed E-state index contributed by atoms with van der Waals surface area (Å²) in [5.74, 6) is 0.130. The first-order valence-corrected chi connectivity index (χ1v) is 12.6. The molecule has 0 saturated carbocycles. The first-order valence-electron chi connectivity index (χ1n) is 12.2. The molecule has 6 heteroatoms. The zero-order valence-corrected chi connectivity index (χ0v) is 22.0. The van der Waals surface area contributed by atoms with E-state index in [0.29, 0.717) is 17.1 Å². The summed E-state index contributed by atoms with van der Waals surface area (Å²) in [7, 11) is 1.81. The minimum Gasteiger partial charge on any atom is -0.508 e. The molecule has 0 unspecified atom stereocenters. The van der Waals surface area contributed by atoms with Crippen LogP contribution in [0.3, 0.4) is 0 Å². The molecule has 0 fully saturated rings. The summed E-state index contributed by atoms with van der Waals surface area (Å²) in [4.78, 5) is 4.36. The summed E-state index contributed by atoms with van der Waals surface area (Å²) in [6.07, 6.45) is 5.42. The number of hydrogen-bond acceptors (Lipinski definition) is 4. The van der Waals surface area contributed by atoms with Crippen LogP contribution in [-0.4, -0.2) is 28.9 Å². The van der Waals surface area contributed by atoms with Crippen molar-refractivity contribution in [3.8, 4) is 11.5 Å². The molecule has 1 aliphatic heterocycles. The SMILES string of the molecule is CCC=C(c1cc(CC)c(O)cc1O)N(C(=S)NC)c1ccc2c(c1)CC(CC)=C(C)N2CC. The van der Waals surface area contributed by atoms with E-state index in [-0.39, 0.29) is 11.5 Å². The molecule has 0 aromatic heterocycles. The average Bonchev–Trinajstić information content (AvgIpc) is 2.83. The topological polar surface area (TPSA) is 59.0 Å². The number of aromatic hydroxyl groups is 2. The van der Waals surface area contributed by atoms with E-state index in [4.69, 9.17) is 12.2 Å². The standard InChI is InChI=1S/C28H37N3O2S/c1-7-11-25(23-16-20(9-3)26(32)17-27(23)33)31(28(34)29-6)22-12-13-24-21(15-22)14-19(8-2)18(5)30(24)10-4/h11-13,15-17,32-33H,7-10,14H2,1-6H3,(H,29,34). The summed E-state index contributed by atoms with van der Waals surface area (Å²) in [5.41, 5.74) is 8.45. The van der Waals surface area contributed by atoms with E-state index in [9.17, 15) is 10.2 Å². The lowest BCUT2D eigenvalue weighted by molar-refractivity contribution is 0.445. The fourth-order valence-electron chi connectivity index (χ4n) is 4.74. The van der Waals surface area contributed by atoms with Crippen LogP contribution in [0.25, 0.3) is 5.70 Å². The van der Waals surface area contributed by atoms with Crippen LogP contribution in [0.2, 0.25) is 0 Å². The van der Waals surface area contributed by atoms with Gasteiger partial charge < -0.3 is 20.4 Å². The van der Waals surface area contributed by atoms with Crippen LogP contribution >= 0.6 is 12.2 Å². The third-order valence-corrected chi connectivity index (χ3v) is 6.97. The molecule has 0 aliphatic carbocycles. The number of hydrogen-bond donors (Lipinski definition) is 3. The van der Waals surface area contributed by atoms with Crippen LogP contribution in [0.15, 0.2) is 47.7 Å². The van der Waals surface area contributed by atoms with Crippen molar-refractivity contribution in [3.63, 3.8) is 0 Å². The lowest BCUT2D eigenvalue weighted by atomic mass is 9.93. The number of nitrogens with one attached hydrogen (secondary N) is 1. The molecule has 5 nitrogen and oxygen atoms in total. The van der Waals surface area contributed by atoms with Gasteiger partial charge in [0.05, 0.1) is 5.70 Å². The highest BCUT2D eigenvalue weighted by atomic mass is 32.1. The number of allylic oxidation sites excluding steroid dienone is 3. The number of benzene rings is 2. The normalized spacial score (nSPS) is 13.7. The van der Waals surface area contributed by atoms with Gasteiger partial charge in [-0.2, -0.15) is 0 Å². The van der Waals surface area contributed by atoms with Gasteiger partial charge in [0.1, 0.15) is 11.5 Å². The summed E-state index contributed by atoms with van der Waals surface area (Å²) in [6.45, 7) is 11.6. The van der Waals surface area contributed by atoms with Gasteiger partial charge in [-0.05, 0) is 92.7 Å². The predicted octanol–water partition coefficient (Wildman–Crippen LogP) is 6.49. The number of phenols is 2. The smallest absolute Gasteiger partial charge is 0.177 e. The van der Waals surface area contributed by atoms with Crippen LogP contribution in [0, 0.1) is 0 Å². The fourth-order valence-corrected chi connectivity index (χ4v) is 4.94. The first kappa shape index (κ1) is 25.6. The lowest BCUT2D eigenvalue weighted by Crippen LogP contribution is -2.37. The number of nitrogens with zero attached hydrogens (tertiary/aromatic N) is 2. The summed E-state index contributed by atoms with van der Waals surface area (Å²) in [5, 5.41) is 24.7. The summed E-state index contributed by atoms with van der Waals surface area (Å²) >= 11 is 5.77. The summed E-state index contributed by atoms with van der Waals surface area (Å²) in [6, 6.07) is 9.76. The van der Waals surface area contributed by atoms with Crippen LogP contribution < -0.4 is 15.1 Å². The van der Waals surface area contributed by atoms with Gasteiger partial charge in [0.2, 0.25) is 0 Å². The van der Waals surface area contributed by atoms with Gasteiger partial charge in [0.15, 0.2) is 5.11 Å². The maximum absolute atomic E-state index is 10.8. The fraction of sp³-hybridized carbons (Fsp3) is 0.393. The van der Waals surface area contributed by atoms with E-state index in [1.807, 2.05) is 24.9 Å². The molecule has 0 radical (unpaired) electrons. The molecule has 2 aromatic carbocycles. The predicted molar refractivity (Wildman–Crippen MR) is 148 cm³/mol. The van der Waals surface area contributed by atoms with E-state index < -0.39 is 0 Å². The maximum Gasteiger partial charge on any atom is 0.177 e. The van der Waals surface area contributed by atoms with Gasteiger partial charge in [-0.1, -0.05) is 26.8 Å². The Balaban J connectivity index is 2.19. The van der Waals surface area contributed by atoms with Crippen molar-refractivity contribution in [2.24, 2.45) is 0 Å². The number of rotatable bonds is 7. The molecular formula is C28H37N3O2S. The van der Waals surface area contributed by atoms with E-state index in [1.54, 1.807) is 0 Å². The van der Waals surface area contributed by atoms with Gasteiger partial charge in [0, 0.05) is 42.3 Å². The number of aryl methyl sites for hydroxylation is 1. The molecule has 2 aromatic rings. The lowest BCUT2D eigenvalue weighted by Gasteiger charge is -2.35. The van der Waals surface area contributed by atoms with Gasteiger partial charge in [0.25, 0.3) is 0 Å². The van der Waals surface area contributed by atoms with E-state index in [2.05, 4.69) is 62.2 Å². The molecule has 0 atom stereocenters. The average molecular weight is 480 g/mol. The molecule has 0 spiro atoms. The Bertz CT molecular complexity index is 1140. The Hall–Kier alpha value is -2.99. The second-order valence-electron chi connectivity index (χ2n) is 8.52. The van der Waals surface area contributed by atoms with Crippen molar-refractivity contribution in [3.05, 3.63) is 64.4 Å². The number of thiocarbonyl (C=S) groups is 1. The van der Waals surface area contributed by atoms with E-state index >= 15 is 0 Å². The largest absolute Gasteiger partial charge is 0.508 e. The van der Waals surface area contributed by atoms with Gasteiger partial charge in [-0.15, -0.1) is 0 Å². The highest BCUT2D eigenvalue weighted by molar-refractivity contribution is 7.80. The second-order valence-corrected chi connectivity index (χ2v) is 8.90. The minimum absolute atomic E-state index is 0.0280. The van der Waals surface area contributed by atoms with Crippen molar-refractivity contribution >= 4 is 34.4 Å². The number of phenolic OH excluding ortho intramolecular Hbond substituents is 2. The first-order chi connectivity index (χ1) is 16.3. The highest BCUT2D eigenvalue weighted by Gasteiger charge is 2.25. The van der Waals surface area contributed by atoms with Crippen molar-refractivity contribution in [1.82, 2.24) is 5.32 Å². The Labute approximate surface area is 209 Å². The molecule has 1 aliphatic rings. The Morgan fingerprint density at radius 2 is 1.82 bits per heavy atom. The Morgan fingerprint density at radius 1 is 1.09 bits per heavy atom.